The van der Waals surface area contributed by atoms with Crippen molar-refractivity contribution in [1.82, 2.24) is 5.32 Å². The number of benzene rings is 2. The molecule has 0 aromatic heterocycles. The summed E-state index contributed by atoms with van der Waals surface area (Å²) in [5.41, 5.74) is 1.51. The average molecular weight is 359 g/mol. The summed E-state index contributed by atoms with van der Waals surface area (Å²) in [6, 6.07) is 12.9. The number of phenols is 1. The first-order valence-corrected chi connectivity index (χ1v) is 7.94. The molecule has 0 radical (unpaired) electrons. The Bertz CT molecular complexity index is 747. The number of aromatic hydroxyl groups is 1. The van der Waals surface area contributed by atoms with Gasteiger partial charge in [0, 0.05) is 6.42 Å². The summed E-state index contributed by atoms with van der Waals surface area (Å²) in [5, 5.41) is 12.1. The highest BCUT2D eigenvalue weighted by Crippen LogP contribution is 2.26. The second kappa shape index (κ2) is 9.31. The number of amides is 1. The van der Waals surface area contributed by atoms with E-state index in [9.17, 15) is 14.7 Å². The molecule has 0 aliphatic rings. The first kappa shape index (κ1) is 19.1. The van der Waals surface area contributed by atoms with E-state index in [-0.39, 0.29) is 24.5 Å². The van der Waals surface area contributed by atoms with Crippen LogP contribution in [0.3, 0.4) is 0 Å². The summed E-state index contributed by atoms with van der Waals surface area (Å²) in [5.74, 6) is -0.340. The monoisotopic (exact) mass is 359 g/mol. The van der Waals surface area contributed by atoms with Crippen molar-refractivity contribution in [2.24, 2.45) is 0 Å². The van der Waals surface area contributed by atoms with Crippen molar-refractivity contribution in [3.63, 3.8) is 0 Å². The van der Waals surface area contributed by atoms with E-state index in [0.29, 0.717) is 5.56 Å². The predicted octanol–water partition coefficient (Wildman–Crippen LogP) is 2.41. The van der Waals surface area contributed by atoms with E-state index in [1.807, 2.05) is 30.3 Å². The van der Waals surface area contributed by atoms with Gasteiger partial charge in [-0.3, -0.25) is 0 Å². The van der Waals surface area contributed by atoms with Crippen molar-refractivity contribution in [2.75, 3.05) is 14.2 Å². The van der Waals surface area contributed by atoms with Gasteiger partial charge in [0.15, 0.2) is 11.5 Å². The van der Waals surface area contributed by atoms with Gasteiger partial charge in [-0.05, 0) is 23.3 Å². The minimum Gasteiger partial charge on any atom is -0.504 e. The van der Waals surface area contributed by atoms with Crippen molar-refractivity contribution in [2.45, 2.75) is 19.1 Å². The van der Waals surface area contributed by atoms with E-state index in [1.54, 1.807) is 12.1 Å². The lowest BCUT2D eigenvalue weighted by atomic mass is 10.1. The lowest BCUT2D eigenvalue weighted by Crippen LogP contribution is -2.43. The minimum absolute atomic E-state index is 0.0129. The van der Waals surface area contributed by atoms with Crippen molar-refractivity contribution in [3.05, 3.63) is 59.7 Å². The summed E-state index contributed by atoms with van der Waals surface area (Å²) in [6.45, 7) is 0.0909. The molecule has 0 saturated heterocycles. The number of methoxy groups -OCH3 is 2. The number of hydrogen-bond donors (Lipinski definition) is 2. The van der Waals surface area contributed by atoms with Gasteiger partial charge in [0.2, 0.25) is 0 Å². The molecule has 0 spiro atoms. The molecule has 2 rings (SSSR count). The molecule has 0 fully saturated rings. The summed E-state index contributed by atoms with van der Waals surface area (Å²) < 4.78 is 14.9. The van der Waals surface area contributed by atoms with Gasteiger partial charge < -0.3 is 24.6 Å². The van der Waals surface area contributed by atoms with Gasteiger partial charge in [-0.15, -0.1) is 0 Å². The normalized spacial score (nSPS) is 11.3. The minimum atomic E-state index is -0.933. The molecule has 7 heteroatoms. The Balaban J connectivity index is 2.00. The number of esters is 1. The number of rotatable bonds is 7. The third-order valence-corrected chi connectivity index (χ3v) is 3.67. The molecule has 0 bridgehead atoms. The fraction of sp³-hybridized carbons (Fsp3) is 0.263. The topological polar surface area (TPSA) is 94.1 Å². The second-order valence-corrected chi connectivity index (χ2v) is 5.49. The van der Waals surface area contributed by atoms with Crippen LogP contribution < -0.4 is 10.1 Å². The van der Waals surface area contributed by atoms with Crippen molar-refractivity contribution >= 4 is 12.1 Å². The Kier molecular flexibility index (Phi) is 6.84. The third kappa shape index (κ3) is 5.41. The van der Waals surface area contributed by atoms with E-state index in [4.69, 9.17) is 14.2 Å². The van der Waals surface area contributed by atoms with Crippen molar-refractivity contribution in [1.29, 1.82) is 0 Å². The maximum absolute atomic E-state index is 12.0. The molecule has 2 aromatic rings. The highest BCUT2D eigenvalue weighted by atomic mass is 16.6. The summed E-state index contributed by atoms with van der Waals surface area (Å²) in [4.78, 5) is 24.0. The maximum atomic E-state index is 12.0. The van der Waals surface area contributed by atoms with Crippen molar-refractivity contribution < 1.29 is 28.9 Å². The van der Waals surface area contributed by atoms with E-state index in [2.05, 4.69) is 5.32 Å². The molecule has 2 aromatic carbocycles. The lowest BCUT2D eigenvalue weighted by molar-refractivity contribution is -0.143. The fourth-order valence-electron chi connectivity index (χ4n) is 2.33. The number of carbonyl (C=O) groups excluding carboxylic acids is 2. The summed E-state index contributed by atoms with van der Waals surface area (Å²) >= 11 is 0. The largest absolute Gasteiger partial charge is 0.504 e. The van der Waals surface area contributed by atoms with E-state index in [0.717, 1.165) is 5.56 Å². The van der Waals surface area contributed by atoms with Gasteiger partial charge in [0.05, 0.1) is 14.2 Å². The van der Waals surface area contributed by atoms with Gasteiger partial charge in [-0.1, -0.05) is 36.4 Å². The zero-order chi connectivity index (χ0) is 18.9. The van der Waals surface area contributed by atoms with Gasteiger partial charge >= 0.3 is 12.1 Å². The maximum Gasteiger partial charge on any atom is 0.408 e. The molecule has 1 amide bonds. The standard InChI is InChI=1S/C19H21NO6/c1-24-17-11-14(8-9-16(17)21)10-15(18(22)25-2)20-19(23)26-12-13-6-4-3-5-7-13/h3-9,11,15,21H,10,12H2,1-2H3,(H,20,23). The summed E-state index contributed by atoms with van der Waals surface area (Å²) in [6.07, 6.45) is -0.570. The Hall–Kier alpha value is -3.22. The predicted molar refractivity (Wildman–Crippen MR) is 93.9 cm³/mol. The van der Waals surface area contributed by atoms with Gasteiger partial charge in [-0.2, -0.15) is 0 Å². The van der Waals surface area contributed by atoms with Crippen LogP contribution in [0.5, 0.6) is 11.5 Å². The van der Waals surface area contributed by atoms with E-state index >= 15 is 0 Å². The lowest BCUT2D eigenvalue weighted by Gasteiger charge is -2.17. The second-order valence-electron chi connectivity index (χ2n) is 5.49. The van der Waals surface area contributed by atoms with Crippen LogP contribution in [-0.4, -0.2) is 37.4 Å². The highest BCUT2D eigenvalue weighted by molar-refractivity contribution is 5.81. The number of nitrogens with one attached hydrogen (secondary N) is 1. The SMILES string of the molecule is COC(=O)C(Cc1ccc(O)c(OC)c1)NC(=O)OCc1ccccc1. The molecule has 0 aliphatic heterocycles. The smallest absolute Gasteiger partial charge is 0.408 e. The first-order chi connectivity index (χ1) is 12.5. The number of carbonyl (C=O) groups is 2. The number of alkyl carbamates (subject to hydrolysis) is 1. The molecule has 1 unspecified atom stereocenters. The fourth-order valence-corrected chi connectivity index (χ4v) is 2.33. The number of hydrogen-bond acceptors (Lipinski definition) is 6. The molecule has 2 N–H and O–H groups in total. The van der Waals surface area contributed by atoms with Crippen LogP contribution in [0, 0.1) is 0 Å². The molecular formula is C19H21NO6. The van der Waals surface area contributed by atoms with E-state index in [1.165, 1.54) is 20.3 Å². The average Bonchev–Trinajstić information content (AvgIpc) is 2.67. The van der Waals surface area contributed by atoms with Crippen LogP contribution in [0.25, 0.3) is 0 Å². The molecule has 0 heterocycles. The third-order valence-electron chi connectivity index (χ3n) is 3.67. The van der Waals surface area contributed by atoms with Crippen LogP contribution in [0.2, 0.25) is 0 Å². The summed E-state index contributed by atoms with van der Waals surface area (Å²) in [7, 11) is 2.67. The molecule has 7 nitrogen and oxygen atoms in total. The van der Waals surface area contributed by atoms with E-state index < -0.39 is 18.1 Å². The van der Waals surface area contributed by atoms with Crippen LogP contribution in [-0.2, 0) is 27.3 Å². The number of ether oxygens (including phenoxy) is 3. The van der Waals surface area contributed by atoms with Gasteiger partial charge in [0.25, 0.3) is 0 Å². The Morgan fingerprint density at radius 3 is 2.46 bits per heavy atom. The molecule has 138 valence electrons. The Morgan fingerprint density at radius 2 is 1.81 bits per heavy atom. The molecule has 1 atom stereocenters. The zero-order valence-electron chi connectivity index (χ0n) is 14.6. The zero-order valence-corrected chi connectivity index (χ0v) is 14.6. The molecule has 0 saturated carbocycles. The van der Waals surface area contributed by atoms with Crippen LogP contribution in [0.4, 0.5) is 4.79 Å². The molecule has 26 heavy (non-hydrogen) atoms. The van der Waals surface area contributed by atoms with Gasteiger partial charge in [0.1, 0.15) is 12.6 Å². The highest BCUT2D eigenvalue weighted by Gasteiger charge is 2.23. The number of phenolic OH excluding ortho intramolecular Hbond substituents is 1. The van der Waals surface area contributed by atoms with Crippen LogP contribution in [0.1, 0.15) is 11.1 Å². The Morgan fingerprint density at radius 1 is 1.08 bits per heavy atom. The van der Waals surface area contributed by atoms with Crippen LogP contribution >= 0.6 is 0 Å². The Labute approximate surface area is 151 Å². The van der Waals surface area contributed by atoms with Crippen LogP contribution in [0.15, 0.2) is 48.5 Å². The molecule has 0 aliphatic carbocycles. The quantitative estimate of drug-likeness (QED) is 0.738. The molecular weight excluding hydrogens is 338 g/mol. The van der Waals surface area contributed by atoms with Crippen molar-refractivity contribution in [3.8, 4) is 11.5 Å². The van der Waals surface area contributed by atoms with Gasteiger partial charge in [-0.25, -0.2) is 9.59 Å². The first-order valence-electron chi connectivity index (χ1n) is 7.94.